The summed E-state index contributed by atoms with van der Waals surface area (Å²) in [6.45, 7) is 0. The third-order valence-corrected chi connectivity index (χ3v) is 1.87. The van der Waals surface area contributed by atoms with E-state index in [0.717, 1.165) is 0 Å². The standard InChI is InChI=1S/C8H7N.C2H4O2S/c1-2-4-8-7(3-1)5-6-9-8;3-2(4)1-5/h1-6,9H;5H,1H2,(H,3,4). The molecule has 2 aromatic rings. The van der Waals surface area contributed by atoms with Gasteiger partial charge in [-0.3, -0.25) is 4.79 Å². The van der Waals surface area contributed by atoms with E-state index in [0.29, 0.717) is 0 Å². The van der Waals surface area contributed by atoms with Gasteiger partial charge in [0.25, 0.3) is 0 Å². The summed E-state index contributed by atoms with van der Waals surface area (Å²) in [6, 6.07) is 10.3. The van der Waals surface area contributed by atoms with Crippen LogP contribution in [0, 0.1) is 0 Å². The number of fused-ring (bicyclic) bond motifs is 1. The summed E-state index contributed by atoms with van der Waals surface area (Å²) < 4.78 is 0. The van der Waals surface area contributed by atoms with Gasteiger partial charge in [-0.15, -0.1) is 0 Å². The molecule has 0 fully saturated rings. The van der Waals surface area contributed by atoms with E-state index in [-0.39, 0.29) is 5.75 Å². The Balaban J connectivity index is 0.000000171. The molecule has 4 heteroatoms. The molecular formula is C10H11NO2S. The van der Waals surface area contributed by atoms with Crippen molar-refractivity contribution in [2.75, 3.05) is 5.75 Å². The Morgan fingerprint density at radius 1 is 1.36 bits per heavy atom. The van der Waals surface area contributed by atoms with E-state index in [1.807, 2.05) is 18.3 Å². The van der Waals surface area contributed by atoms with Crippen LogP contribution in [-0.4, -0.2) is 21.8 Å². The van der Waals surface area contributed by atoms with E-state index in [1.54, 1.807) is 0 Å². The number of carboxylic acid groups (broad SMARTS) is 1. The number of hydrogen-bond acceptors (Lipinski definition) is 2. The van der Waals surface area contributed by atoms with Crippen molar-refractivity contribution in [1.82, 2.24) is 4.98 Å². The number of aromatic amines is 1. The van der Waals surface area contributed by atoms with Crippen molar-refractivity contribution < 1.29 is 9.90 Å². The molecule has 1 aromatic heterocycles. The van der Waals surface area contributed by atoms with Crippen molar-refractivity contribution in [2.45, 2.75) is 0 Å². The fourth-order valence-corrected chi connectivity index (χ4v) is 0.995. The highest BCUT2D eigenvalue weighted by Crippen LogP contribution is 2.09. The van der Waals surface area contributed by atoms with Gasteiger partial charge in [0, 0.05) is 11.7 Å². The highest BCUT2D eigenvalue weighted by molar-refractivity contribution is 7.81. The highest BCUT2D eigenvalue weighted by atomic mass is 32.1. The number of carboxylic acids is 1. The van der Waals surface area contributed by atoms with Crippen molar-refractivity contribution >= 4 is 29.5 Å². The fraction of sp³-hybridized carbons (Fsp3) is 0.100. The lowest BCUT2D eigenvalue weighted by Gasteiger charge is -1.83. The predicted octanol–water partition coefficient (Wildman–Crippen LogP) is 2.17. The first-order chi connectivity index (χ1) is 6.74. The zero-order valence-electron chi connectivity index (χ0n) is 7.47. The van der Waals surface area contributed by atoms with Crippen LogP contribution in [0.5, 0.6) is 0 Å². The van der Waals surface area contributed by atoms with Crippen LogP contribution in [0.4, 0.5) is 0 Å². The number of para-hydroxylation sites is 1. The third kappa shape index (κ3) is 3.14. The molecule has 0 aliphatic rings. The lowest BCUT2D eigenvalue weighted by atomic mass is 10.3. The summed E-state index contributed by atoms with van der Waals surface area (Å²) >= 11 is 3.42. The number of thiol groups is 1. The van der Waals surface area contributed by atoms with Gasteiger partial charge in [0.05, 0.1) is 5.75 Å². The van der Waals surface area contributed by atoms with Gasteiger partial charge in [-0.25, -0.2) is 0 Å². The third-order valence-electron chi connectivity index (χ3n) is 1.60. The maximum Gasteiger partial charge on any atom is 0.313 e. The minimum atomic E-state index is -0.881. The number of aromatic nitrogens is 1. The van der Waals surface area contributed by atoms with Gasteiger partial charge < -0.3 is 10.1 Å². The maximum absolute atomic E-state index is 9.29. The number of hydrogen-bond donors (Lipinski definition) is 3. The van der Waals surface area contributed by atoms with E-state index in [1.165, 1.54) is 10.9 Å². The van der Waals surface area contributed by atoms with Gasteiger partial charge in [0.2, 0.25) is 0 Å². The second-order valence-electron chi connectivity index (χ2n) is 2.62. The van der Waals surface area contributed by atoms with Crippen molar-refractivity contribution in [1.29, 1.82) is 0 Å². The molecule has 2 rings (SSSR count). The summed E-state index contributed by atoms with van der Waals surface area (Å²) in [5.74, 6) is -0.965. The zero-order valence-corrected chi connectivity index (χ0v) is 8.37. The van der Waals surface area contributed by atoms with Gasteiger partial charge in [-0.05, 0) is 17.5 Å². The first-order valence-corrected chi connectivity index (χ1v) is 4.72. The largest absolute Gasteiger partial charge is 0.481 e. The lowest BCUT2D eigenvalue weighted by molar-refractivity contribution is -0.133. The Morgan fingerprint density at radius 2 is 2.00 bits per heavy atom. The van der Waals surface area contributed by atoms with Crippen LogP contribution in [0.1, 0.15) is 0 Å². The summed E-state index contributed by atoms with van der Waals surface area (Å²) in [4.78, 5) is 12.4. The Labute approximate surface area is 87.2 Å². The number of H-pyrrole nitrogens is 1. The van der Waals surface area contributed by atoms with Crippen LogP contribution >= 0.6 is 12.6 Å². The predicted molar refractivity (Wildman–Crippen MR) is 59.8 cm³/mol. The maximum atomic E-state index is 9.29. The van der Waals surface area contributed by atoms with E-state index < -0.39 is 5.97 Å². The molecule has 14 heavy (non-hydrogen) atoms. The van der Waals surface area contributed by atoms with Crippen molar-refractivity contribution in [3.63, 3.8) is 0 Å². The van der Waals surface area contributed by atoms with Crippen molar-refractivity contribution in [3.8, 4) is 0 Å². The lowest BCUT2D eigenvalue weighted by Crippen LogP contribution is -1.92. The molecule has 74 valence electrons. The molecule has 3 nitrogen and oxygen atoms in total. The van der Waals surface area contributed by atoms with Crippen LogP contribution in [0.2, 0.25) is 0 Å². The molecule has 0 aliphatic carbocycles. The van der Waals surface area contributed by atoms with Crippen molar-refractivity contribution in [3.05, 3.63) is 36.5 Å². The Bertz CT molecular complexity index is 381. The average molecular weight is 209 g/mol. The fourth-order valence-electron chi connectivity index (χ4n) is 0.995. The van der Waals surface area contributed by atoms with Crippen LogP contribution in [0.15, 0.2) is 36.5 Å². The number of aliphatic carboxylic acids is 1. The monoisotopic (exact) mass is 209 g/mol. The Morgan fingerprint density at radius 3 is 2.57 bits per heavy atom. The molecule has 2 N–H and O–H groups in total. The second-order valence-corrected chi connectivity index (χ2v) is 2.93. The van der Waals surface area contributed by atoms with Gasteiger partial charge in [-0.1, -0.05) is 18.2 Å². The molecule has 0 spiro atoms. The molecule has 0 unspecified atom stereocenters. The minimum absolute atomic E-state index is 0.0833. The van der Waals surface area contributed by atoms with Crippen LogP contribution in [0.3, 0.4) is 0 Å². The first kappa shape index (κ1) is 10.7. The number of rotatable bonds is 1. The van der Waals surface area contributed by atoms with Crippen molar-refractivity contribution in [2.24, 2.45) is 0 Å². The summed E-state index contributed by atoms with van der Waals surface area (Å²) in [5, 5.41) is 8.92. The summed E-state index contributed by atoms with van der Waals surface area (Å²) in [7, 11) is 0. The topological polar surface area (TPSA) is 53.1 Å². The van der Waals surface area contributed by atoms with Gasteiger partial charge in [0.1, 0.15) is 0 Å². The van der Waals surface area contributed by atoms with Crippen LogP contribution in [0.25, 0.3) is 10.9 Å². The SMILES string of the molecule is O=C(O)CS.c1ccc2[nH]ccc2c1. The molecular weight excluding hydrogens is 198 g/mol. The van der Waals surface area contributed by atoms with Crippen LogP contribution in [-0.2, 0) is 4.79 Å². The summed E-state index contributed by atoms with van der Waals surface area (Å²) in [5.41, 5.74) is 1.21. The Kier molecular flexibility index (Phi) is 4.07. The number of nitrogens with one attached hydrogen (secondary N) is 1. The van der Waals surface area contributed by atoms with Crippen LogP contribution < -0.4 is 0 Å². The molecule has 0 saturated carbocycles. The van der Waals surface area contributed by atoms with E-state index in [9.17, 15) is 4.79 Å². The highest BCUT2D eigenvalue weighted by Gasteiger charge is 1.86. The minimum Gasteiger partial charge on any atom is -0.481 e. The molecule has 0 bridgehead atoms. The van der Waals surface area contributed by atoms with Gasteiger partial charge in [-0.2, -0.15) is 12.6 Å². The molecule has 1 heterocycles. The van der Waals surface area contributed by atoms with Gasteiger partial charge in [0.15, 0.2) is 0 Å². The zero-order chi connectivity index (χ0) is 10.4. The van der Waals surface area contributed by atoms with E-state index in [4.69, 9.17) is 5.11 Å². The first-order valence-electron chi connectivity index (χ1n) is 4.09. The smallest absolute Gasteiger partial charge is 0.313 e. The second kappa shape index (κ2) is 5.34. The average Bonchev–Trinajstić information content (AvgIpc) is 2.66. The molecule has 0 saturated heterocycles. The molecule has 0 amide bonds. The normalized spacial score (nSPS) is 9.21. The number of benzene rings is 1. The Hall–Kier alpha value is -1.42. The summed E-state index contributed by atoms with van der Waals surface area (Å²) in [6.07, 6.45) is 1.95. The van der Waals surface area contributed by atoms with E-state index in [2.05, 4.69) is 35.8 Å². The number of carbonyl (C=O) groups is 1. The molecule has 1 aromatic carbocycles. The molecule has 0 radical (unpaired) electrons. The molecule has 0 aliphatic heterocycles. The van der Waals surface area contributed by atoms with Gasteiger partial charge >= 0.3 is 5.97 Å². The molecule has 0 atom stereocenters. The van der Waals surface area contributed by atoms with E-state index >= 15 is 0 Å². The quantitative estimate of drug-likeness (QED) is 0.630.